The van der Waals surface area contributed by atoms with Gasteiger partial charge in [0.05, 0.1) is 17.6 Å². The summed E-state index contributed by atoms with van der Waals surface area (Å²) in [6.07, 6.45) is 2.35. The quantitative estimate of drug-likeness (QED) is 0.457. The molecule has 2 aromatic carbocycles. The Bertz CT molecular complexity index is 1110. The number of hydrogen-bond acceptors (Lipinski definition) is 7. The molecule has 10 heteroatoms. The van der Waals surface area contributed by atoms with Crippen LogP contribution in [0, 0.1) is 0 Å². The van der Waals surface area contributed by atoms with Crippen LogP contribution in [0.3, 0.4) is 0 Å². The van der Waals surface area contributed by atoms with Crippen molar-refractivity contribution in [3.8, 4) is 11.5 Å². The summed E-state index contributed by atoms with van der Waals surface area (Å²) < 4.78 is 11.4. The molecule has 2 aromatic rings. The van der Waals surface area contributed by atoms with Gasteiger partial charge in [-0.15, -0.1) is 0 Å². The first kappa shape index (κ1) is 23.0. The number of ether oxygens (including phenoxy) is 2. The van der Waals surface area contributed by atoms with Gasteiger partial charge in [0.15, 0.2) is 0 Å². The maximum atomic E-state index is 12.4. The Morgan fingerprint density at radius 2 is 1.85 bits per heavy atom. The number of nitrogens with zero attached hydrogens (tertiary/aromatic N) is 1. The van der Waals surface area contributed by atoms with Gasteiger partial charge in [-0.2, -0.15) is 0 Å². The van der Waals surface area contributed by atoms with Gasteiger partial charge in [0, 0.05) is 0 Å². The van der Waals surface area contributed by atoms with Crippen molar-refractivity contribution in [1.82, 2.24) is 10.2 Å². The first-order valence-corrected chi connectivity index (χ1v) is 11.3. The van der Waals surface area contributed by atoms with Crippen LogP contribution in [0.2, 0.25) is 0 Å². The number of amides is 2. The van der Waals surface area contributed by atoms with Crippen molar-refractivity contribution in [2.45, 2.75) is 12.5 Å². The van der Waals surface area contributed by atoms with Crippen molar-refractivity contribution < 1.29 is 29.0 Å². The highest BCUT2D eigenvalue weighted by atomic mass is 32.2. The second-order valence-corrected chi connectivity index (χ2v) is 9.14. The van der Waals surface area contributed by atoms with Crippen LogP contribution in [-0.4, -0.2) is 57.9 Å². The Balaban J connectivity index is 1.35. The molecule has 0 saturated carbocycles. The molecule has 2 saturated heterocycles. The highest BCUT2D eigenvalue weighted by Crippen LogP contribution is 2.32. The van der Waals surface area contributed by atoms with E-state index in [2.05, 4.69) is 5.32 Å². The van der Waals surface area contributed by atoms with Crippen LogP contribution < -0.4 is 10.1 Å². The summed E-state index contributed by atoms with van der Waals surface area (Å²) in [6, 6.07) is 14.8. The molecular weight excluding hydrogens is 464 g/mol. The largest absolute Gasteiger partial charge is 0.480 e. The Hall–Kier alpha value is -3.21. The molecule has 4 rings (SSSR count). The van der Waals surface area contributed by atoms with Crippen LogP contribution in [0.4, 0.5) is 0 Å². The van der Waals surface area contributed by atoms with E-state index < -0.39 is 18.4 Å². The molecule has 0 spiro atoms. The monoisotopic (exact) mass is 484 g/mol. The van der Waals surface area contributed by atoms with Gasteiger partial charge in [0.2, 0.25) is 5.91 Å². The van der Waals surface area contributed by atoms with E-state index in [9.17, 15) is 14.4 Å². The van der Waals surface area contributed by atoms with Crippen molar-refractivity contribution in [2.75, 3.05) is 19.8 Å². The first-order valence-electron chi connectivity index (χ1n) is 10.1. The molecule has 0 aromatic heterocycles. The molecule has 170 valence electrons. The average Bonchev–Trinajstić information content (AvgIpc) is 3.03. The summed E-state index contributed by atoms with van der Waals surface area (Å²) in [4.78, 5) is 36.1. The zero-order valence-corrected chi connectivity index (χ0v) is 19.0. The first-order chi connectivity index (χ1) is 15.9. The van der Waals surface area contributed by atoms with Gasteiger partial charge < -0.3 is 19.9 Å². The summed E-state index contributed by atoms with van der Waals surface area (Å²) in [5.41, 5.74) is 1.83. The third-order valence-corrected chi connectivity index (χ3v) is 6.28. The number of thioether (sulfide) groups is 1. The number of aliphatic carboxylic acids is 1. The van der Waals surface area contributed by atoms with Crippen molar-refractivity contribution in [1.29, 1.82) is 0 Å². The predicted molar refractivity (Wildman–Crippen MR) is 127 cm³/mol. The third kappa shape index (κ3) is 5.98. The average molecular weight is 485 g/mol. The van der Waals surface area contributed by atoms with Crippen LogP contribution in [0.25, 0.3) is 6.08 Å². The number of hydrogen-bond donors (Lipinski definition) is 2. The smallest absolute Gasteiger partial charge is 0.323 e. The molecule has 2 amide bonds. The minimum Gasteiger partial charge on any atom is -0.480 e. The fourth-order valence-electron chi connectivity index (χ4n) is 3.38. The summed E-state index contributed by atoms with van der Waals surface area (Å²) in [6.45, 7) is 0.168. The number of nitrogens with one attached hydrogen (secondary N) is 1. The molecule has 8 nitrogen and oxygen atoms in total. The lowest BCUT2D eigenvalue weighted by Crippen LogP contribution is -2.46. The molecule has 2 heterocycles. The lowest BCUT2D eigenvalue weighted by Gasteiger charge is -2.23. The minimum absolute atomic E-state index is 0.0323. The summed E-state index contributed by atoms with van der Waals surface area (Å²) in [5, 5.41) is 11.8. The van der Waals surface area contributed by atoms with Gasteiger partial charge in [0.25, 0.3) is 5.91 Å². The predicted octanol–water partition coefficient (Wildman–Crippen LogP) is 2.82. The van der Waals surface area contributed by atoms with Crippen molar-refractivity contribution >= 4 is 52.2 Å². The van der Waals surface area contributed by atoms with Gasteiger partial charge in [-0.1, -0.05) is 48.2 Å². The number of carboxylic acid groups (broad SMARTS) is 1. The SMILES string of the molecule is O=C(O)CN1C(=O)C(=Cc2ccc(Oc3ccc(CC4COCC(=O)N4)cc3)cc2)SC1=S. The second-order valence-electron chi connectivity index (χ2n) is 7.46. The van der Waals surface area contributed by atoms with E-state index in [4.69, 9.17) is 26.8 Å². The molecule has 2 N–H and O–H groups in total. The third-order valence-electron chi connectivity index (χ3n) is 4.90. The normalized spacial score (nSPS) is 19.6. The van der Waals surface area contributed by atoms with E-state index in [0.29, 0.717) is 29.4 Å². The maximum absolute atomic E-state index is 12.4. The highest BCUT2D eigenvalue weighted by Gasteiger charge is 2.33. The van der Waals surface area contributed by atoms with Crippen LogP contribution in [-0.2, 0) is 25.5 Å². The topological polar surface area (TPSA) is 105 Å². The maximum Gasteiger partial charge on any atom is 0.323 e. The summed E-state index contributed by atoms with van der Waals surface area (Å²) >= 11 is 6.18. The molecule has 2 fully saturated rings. The molecule has 2 aliphatic rings. The molecule has 0 bridgehead atoms. The number of morpholine rings is 1. The summed E-state index contributed by atoms with van der Waals surface area (Å²) in [7, 11) is 0. The minimum atomic E-state index is -1.11. The Labute approximate surface area is 199 Å². The molecule has 33 heavy (non-hydrogen) atoms. The number of carboxylic acids is 1. The molecule has 1 atom stereocenters. The zero-order chi connectivity index (χ0) is 23.4. The Morgan fingerprint density at radius 3 is 2.48 bits per heavy atom. The van der Waals surface area contributed by atoms with Gasteiger partial charge >= 0.3 is 5.97 Å². The molecular formula is C23H20N2O6S2. The van der Waals surface area contributed by atoms with Gasteiger partial charge in [-0.3, -0.25) is 19.3 Å². The highest BCUT2D eigenvalue weighted by molar-refractivity contribution is 8.26. The standard InChI is InChI=1S/C23H20N2O6S2/c26-20-13-30-12-16(24-20)9-14-1-5-17(6-2-14)31-18-7-3-15(4-8-18)10-19-22(29)25(11-21(27)28)23(32)33-19/h1-8,10,16H,9,11-13H2,(H,24,26)(H,27,28). The van der Waals surface area contributed by atoms with E-state index in [1.165, 1.54) is 0 Å². The fourth-order valence-corrected chi connectivity index (χ4v) is 4.64. The van der Waals surface area contributed by atoms with E-state index in [1.807, 2.05) is 24.3 Å². The van der Waals surface area contributed by atoms with E-state index >= 15 is 0 Å². The van der Waals surface area contributed by atoms with Crippen LogP contribution in [0.15, 0.2) is 53.4 Å². The van der Waals surface area contributed by atoms with E-state index in [0.717, 1.165) is 27.8 Å². The van der Waals surface area contributed by atoms with Gasteiger partial charge in [0.1, 0.15) is 29.0 Å². The second kappa shape index (κ2) is 10.2. The molecule has 1 unspecified atom stereocenters. The Morgan fingerprint density at radius 1 is 1.18 bits per heavy atom. The number of rotatable bonds is 7. The number of thiocarbonyl (C=S) groups is 1. The molecule has 0 radical (unpaired) electrons. The van der Waals surface area contributed by atoms with Crippen molar-refractivity contribution in [3.05, 3.63) is 64.6 Å². The van der Waals surface area contributed by atoms with Gasteiger partial charge in [-0.25, -0.2) is 0 Å². The fraction of sp³-hybridized carbons (Fsp3) is 0.217. The van der Waals surface area contributed by atoms with Crippen molar-refractivity contribution in [3.63, 3.8) is 0 Å². The van der Waals surface area contributed by atoms with E-state index in [1.54, 1.807) is 30.3 Å². The number of benzene rings is 2. The Kier molecular flexibility index (Phi) is 7.07. The molecule has 0 aliphatic carbocycles. The zero-order valence-electron chi connectivity index (χ0n) is 17.4. The molecule has 2 aliphatic heterocycles. The number of carbonyl (C=O) groups is 3. The van der Waals surface area contributed by atoms with Crippen LogP contribution in [0.5, 0.6) is 11.5 Å². The van der Waals surface area contributed by atoms with Crippen LogP contribution >= 0.6 is 24.0 Å². The van der Waals surface area contributed by atoms with E-state index in [-0.39, 0.29) is 22.9 Å². The van der Waals surface area contributed by atoms with Gasteiger partial charge in [-0.05, 0) is 47.9 Å². The lowest BCUT2D eigenvalue weighted by molar-refractivity contribution is -0.140. The summed E-state index contributed by atoms with van der Waals surface area (Å²) in [5.74, 6) is -0.318. The lowest BCUT2D eigenvalue weighted by atomic mass is 10.1. The number of carbonyl (C=O) groups excluding carboxylic acids is 2. The van der Waals surface area contributed by atoms with Crippen LogP contribution in [0.1, 0.15) is 11.1 Å². The van der Waals surface area contributed by atoms with Crippen molar-refractivity contribution in [2.24, 2.45) is 0 Å².